The van der Waals surface area contributed by atoms with Gasteiger partial charge in [-0.25, -0.2) is 0 Å². The Morgan fingerprint density at radius 3 is 2.60 bits per heavy atom. The van der Waals surface area contributed by atoms with Gasteiger partial charge in [-0.1, -0.05) is 18.5 Å². The van der Waals surface area contributed by atoms with Gasteiger partial charge in [-0.15, -0.1) is 0 Å². The van der Waals surface area contributed by atoms with Gasteiger partial charge in [0.15, 0.2) is 0 Å². The van der Waals surface area contributed by atoms with Crippen LogP contribution in [0.5, 0.6) is 0 Å². The third-order valence-corrected chi connectivity index (χ3v) is 2.41. The minimum Gasteiger partial charge on any atom is -0.350 e. The Morgan fingerprint density at radius 2 is 2.07 bits per heavy atom. The summed E-state index contributed by atoms with van der Waals surface area (Å²) in [6, 6.07) is 6.78. The van der Waals surface area contributed by atoms with Crippen molar-refractivity contribution in [1.29, 1.82) is 0 Å². The number of rotatable bonds is 4. The molecule has 82 valence electrons. The fourth-order valence-electron chi connectivity index (χ4n) is 1.07. The van der Waals surface area contributed by atoms with Gasteiger partial charge in [-0.2, -0.15) is 0 Å². The highest BCUT2D eigenvalue weighted by molar-refractivity contribution is 6.30. The molecule has 1 aromatic carbocycles. The number of carbonyl (C=O) groups excluding carboxylic acids is 1. The van der Waals surface area contributed by atoms with Gasteiger partial charge < -0.3 is 11.1 Å². The summed E-state index contributed by atoms with van der Waals surface area (Å²) in [5.74, 6) is -0.115. The van der Waals surface area contributed by atoms with Crippen LogP contribution in [0.4, 0.5) is 0 Å². The molecule has 0 radical (unpaired) electrons. The predicted molar refractivity (Wildman–Crippen MR) is 62.1 cm³/mol. The number of halogens is 1. The van der Waals surface area contributed by atoms with Crippen LogP contribution in [0, 0.1) is 0 Å². The number of hydrogen-bond acceptors (Lipinski definition) is 2. The van der Waals surface area contributed by atoms with Crippen LogP contribution in [0.15, 0.2) is 24.3 Å². The molecule has 0 aliphatic rings. The monoisotopic (exact) mass is 226 g/mol. The summed E-state index contributed by atoms with van der Waals surface area (Å²) in [7, 11) is 0. The van der Waals surface area contributed by atoms with Crippen LogP contribution >= 0.6 is 11.6 Å². The molecule has 0 aliphatic carbocycles. The van der Waals surface area contributed by atoms with E-state index in [2.05, 4.69) is 5.32 Å². The van der Waals surface area contributed by atoms with E-state index in [1.54, 1.807) is 24.3 Å². The lowest BCUT2D eigenvalue weighted by molar-refractivity contribution is 0.0951. The average molecular weight is 227 g/mol. The summed E-state index contributed by atoms with van der Waals surface area (Å²) in [6.07, 6.45) is 0.848. The molecule has 1 aromatic rings. The van der Waals surface area contributed by atoms with Gasteiger partial charge in [-0.3, -0.25) is 4.79 Å². The summed E-state index contributed by atoms with van der Waals surface area (Å²) >= 11 is 5.71. The van der Waals surface area contributed by atoms with E-state index in [1.807, 2.05) is 6.92 Å². The zero-order valence-electron chi connectivity index (χ0n) is 8.66. The maximum absolute atomic E-state index is 11.6. The van der Waals surface area contributed by atoms with Crippen LogP contribution in [-0.2, 0) is 0 Å². The lowest BCUT2D eigenvalue weighted by atomic mass is 10.2. The molecule has 15 heavy (non-hydrogen) atoms. The molecule has 0 aromatic heterocycles. The highest BCUT2D eigenvalue weighted by Gasteiger charge is 2.06. The van der Waals surface area contributed by atoms with E-state index in [9.17, 15) is 4.79 Å². The van der Waals surface area contributed by atoms with Gasteiger partial charge in [0.2, 0.25) is 0 Å². The summed E-state index contributed by atoms with van der Waals surface area (Å²) in [4.78, 5) is 11.6. The molecule has 0 heterocycles. The Hall–Kier alpha value is -1.06. The quantitative estimate of drug-likeness (QED) is 0.823. The maximum Gasteiger partial charge on any atom is 0.251 e. The molecule has 1 unspecified atom stereocenters. The molecular formula is C11H15ClN2O. The van der Waals surface area contributed by atoms with Crippen LogP contribution in [0.1, 0.15) is 23.7 Å². The van der Waals surface area contributed by atoms with Crippen LogP contribution in [-0.4, -0.2) is 18.5 Å². The molecule has 1 atom stereocenters. The van der Waals surface area contributed by atoms with Crippen molar-refractivity contribution in [2.75, 3.05) is 6.54 Å². The van der Waals surface area contributed by atoms with E-state index in [4.69, 9.17) is 17.3 Å². The summed E-state index contributed by atoms with van der Waals surface area (Å²) in [5.41, 5.74) is 6.29. The van der Waals surface area contributed by atoms with E-state index in [-0.39, 0.29) is 11.9 Å². The van der Waals surface area contributed by atoms with Crippen molar-refractivity contribution < 1.29 is 4.79 Å². The van der Waals surface area contributed by atoms with Crippen LogP contribution < -0.4 is 11.1 Å². The first kappa shape index (κ1) is 12.0. The Bertz CT molecular complexity index is 324. The third-order valence-electron chi connectivity index (χ3n) is 2.16. The highest BCUT2D eigenvalue weighted by atomic mass is 35.5. The Balaban J connectivity index is 2.50. The van der Waals surface area contributed by atoms with E-state index >= 15 is 0 Å². The number of nitrogens with two attached hydrogens (primary N) is 1. The largest absolute Gasteiger partial charge is 0.350 e. The second-order valence-corrected chi connectivity index (χ2v) is 3.82. The van der Waals surface area contributed by atoms with Crippen molar-refractivity contribution in [2.45, 2.75) is 19.4 Å². The Labute approximate surface area is 94.6 Å². The van der Waals surface area contributed by atoms with E-state index in [0.717, 1.165) is 6.42 Å². The van der Waals surface area contributed by atoms with Crippen molar-refractivity contribution in [3.8, 4) is 0 Å². The van der Waals surface area contributed by atoms with Crippen molar-refractivity contribution in [3.05, 3.63) is 34.9 Å². The van der Waals surface area contributed by atoms with Gasteiger partial charge in [0.25, 0.3) is 5.91 Å². The maximum atomic E-state index is 11.6. The number of amides is 1. The number of nitrogens with one attached hydrogen (secondary N) is 1. The molecule has 0 spiro atoms. The van der Waals surface area contributed by atoms with Gasteiger partial charge in [-0.05, 0) is 30.7 Å². The van der Waals surface area contributed by atoms with Crippen molar-refractivity contribution in [1.82, 2.24) is 5.32 Å². The summed E-state index contributed by atoms with van der Waals surface area (Å²) in [5, 5.41) is 3.38. The third kappa shape index (κ3) is 3.90. The minimum atomic E-state index is -0.115. The fourth-order valence-corrected chi connectivity index (χ4v) is 1.20. The molecule has 0 saturated heterocycles. The minimum absolute atomic E-state index is 0.0150. The standard InChI is InChI=1S/C11H15ClN2O/c1-2-10(13)7-14-11(15)8-3-5-9(12)6-4-8/h3-6,10H,2,7,13H2,1H3,(H,14,15). The number of carbonyl (C=O) groups is 1. The number of benzene rings is 1. The Kier molecular flexibility index (Phi) is 4.59. The molecule has 0 fully saturated rings. The van der Waals surface area contributed by atoms with Crippen molar-refractivity contribution in [2.24, 2.45) is 5.73 Å². The molecule has 0 bridgehead atoms. The molecule has 3 nitrogen and oxygen atoms in total. The van der Waals surface area contributed by atoms with Gasteiger partial charge in [0.1, 0.15) is 0 Å². The zero-order chi connectivity index (χ0) is 11.3. The van der Waals surface area contributed by atoms with E-state index < -0.39 is 0 Å². The lowest BCUT2D eigenvalue weighted by Gasteiger charge is -2.10. The predicted octanol–water partition coefficient (Wildman–Crippen LogP) is 1.81. The first-order valence-electron chi connectivity index (χ1n) is 4.92. The Morgan fingerprint density at radius 1 is 1.47 bits per heavy atom. The van der Waals surface area contributed by atoms with Gasteiger partial charge >= 0.3 is 0 Å². The van der Waals surface area contributed by atoms with E-state index in [1.165, 1.54) is 0 Å². The normalized spacial score (nSPS) is 12.2. The number of hydrogen-bond donors (Lipinski definition) is 2. The van der Waals surface area contributed by atoms with Crippen LogP contribution in [0.2, 0.25) is 5.02 Å². The molecule has 1 amide bonds. The van der Waals surface area contributed by atoms with Crippen molar-refractivity contribution >= 4 is 17.5 Å². The first-order valence-corrected chi connectivity index (χ1v) is 5.30. The van der Waals surface area contributed by atoms with Crippen molar-refractivity contribution in [3.63, 3.8) is 0 Å². The molecule has 0 saturated carbocycles. The second-order valence-electron chi connectivity index (χ2n) is 3.39. The summed E-state index contributed by atoms with van der Waals surface area (Å²) in [6.45, 7) is 2.48. The fraction of sp³-hybridized carbons (Fsp3) is 0.364. The molecule has 0 aliphatic heterocycles. The van der Waals surface area contributed by atoms with Crippen LogP contribution in [0.3, 0.4) is 0 Å². The summed E-state index contributed by atoms with van der Waals surface area (Å²) < 4.78 is 0. The highest BCUT2D eigenvalue weighted by Crippen LogP contribution is 2.09. The molecule has 4 heteroatoms. The molecule has 1 rings (SSSR count). The van der Waals surface area contributed by atoms with Crippen LogP contribution in [0.25, 0.3) is 0 Å². The average Bonchev–Trinajstić information content (AvgIpc) is 2.26. The van der Waals surface area contributed by atoms with E-state index in [0.29, 0.717) is 17.1 Å². The van der Waals surface area contributed by atoms with Gasteiger partial charge in [0.05, 0.1) is 0 Å². The zero-order valence-corrected chi connectivity index (χ0v) is 9.42. The second kappa shape index (κ2) is 5.73. The lowest BCUT2D eigenvalue weighted by Crippen LogP contribution is -2.36. The molecular weight excluding hydrogens is 212 g/mol. The smallest absolute Gasteiger partial charge is 0.251 e. The molecule has 3 N–H and O–H groups in total. The van der Waals surface area contributed by atoms with Gasteiger partial charge in [0, 0.05) is 23.2 Å². The first-order chi connectivity index (χ1) is 7.13. The topological polar surface area (TPSA) is 55.1 Å². The SMILES string of the molecule is CCC(N)CNC(=O)c1ccc(Cl)cc1.